The van der Waals surface area contributed by atoms with Crippen LogP contribution in [0.25, 0.3) is 22.2 Å². The van der Waals surface area contributed by atoms with E-state index in [2.05, 4.69) is 15.0 Å². The number of amides is 1. The van der Waals surface area contributed by atoms with Gasteiger partial charge in [-0.3, -0.25) is 19.0 Å². The molecule has 0 radical (unpaired) electrons. The van der Waals surface area contributed by atoms with Crippen LogP contribution in [0.2, 0.25) is 0 Å². The van der Waals surface area contributed by atoms with Crippen molar-refractivity contribution >= 4 is 58.2 Å². The van der Waals surface area contributed by atoms with Gasteiger partial charge >= 0.3 is 0 Å². The van der Waals surface area contributed by atoms with Crippen molar-refractivity contribution in [1.29, 1.82) is 5.41 Å². The lowest BCUT2D eigenvalue weighted by atomic mass is 9.99. The molecule has 0 bridgehead atoms. The molecular formula is C31H21F4N5O3S. The van der Waals surface area contributed by atoms with Crippen LogP contribution in [0.15, 0.2) is 71.9 Å². The second-order valence-electron chi connectivity index (χ2n) is 9.55. The molecule has 1 amide bonds. The van der Waals surface area contributed by atoms with Gasteiger partial charge in [-0.1, -0.05) is 6.07 Å². The van der Waals surface area contributed by atoms with E-state index in [0.717, 1.165) is 47.3 Å². The third kappa shape index (κ3) is 5.81. The van der Waals surface area contributed by atoms with Gasteiger partial charge in [-0.2, -0.15) is 0 Å². The number of carbonyl (C=O) groups is 3. The van der Waals surface area contributed by atoms with E-state index in [0.29, 0.717) is 34.3 Å². The number of anilines is 2. The van der Waals surface area contributed by atoms with Gasteiger partial charge < -0.3 is 15.4 Å². The summed E-state index contributed by atoms with van der Waals surface area (Å²) in [5.74, 6) is -5.88. The summed E-state index contributed by atoms with van der Waals surface area (Å²) >= 11 is 0.531. The van der Waals surface area contributed by atoms with Crippen LogP contribution < -0.4 is 10.0 Å². The van der Waals surface area contributed by atoms with Crippen LogP contribution in [0.5, 0.6) is 0 Å². The molecule has 13 heteroatoms. The first kappa shape index (κ1) is 30.2. The molecule has 0 aliphatic carbocycles. The fraction of sp³-hybridized carbons (Fsp3) is 0.0645. The zero-order valence-electron chi connectivity index (χ0n) is 23.0. The van der Waals surface area contributed by atoms with Gasteiger partial charge in [-0.25, -0.2) is 22.5 Å². The summed E-state index contributed by atoms with van der Waals surface area (Å²) in [6.45, 7) is 2.56. The first-order valence-electron chi connectivity index (χ1n) is 12.8. The third-order valence-electron chi connectivity index (χ3n) is 6.56. The summed E-state index contributed by atoms with van der Waals surface area (Å²) in [6, 6.07) is 10.9. The molecule has 2 aromatic heterocycles. The van der Waals surface area contributed by atoms with Gasteiger partial charge in [-0.05, 0) is 66.0 Å². The van der Waals surface area contributed by atoms with Crippen LogP contribution in [0, 0.1) is 28.7 Å². The quantitative estimate of drug-likeness (QED) is 0.0731. The van der Waals surface area contributed by atoms with E-state index in [1.54, 1.807) is 18.2 Å². The number of halogens is 4. The second kappa shape index (κ2) is 12.1. The van der Waals surface area contributed by atoms with E-state index in [4.69, 9.17) is 5.41 Å². The van der Waals surface area contributed by atoms with Crippen LogP contribution in [-0.2, 0) is 4.79 Å². The molecule has 5 rings (SSSR count). The highest BCUT2D eigenvalue weighted by Crippen LogP contribution is 2.33. The summed E-state index contributed by atoms with van der Waals surface area (Å²) in [6.07, 6.45) is 3.63. The SMILES string of the molecule is CC(=O)Nc1ccc(-c2cnc3c(c2)c(C(=O)c2c(F)ccc(NSc4cc(F)ccc4F)c2F)cn3C(C)=O)cc1C=N. The minimum absolute atomic E-state index is 0.0685. The maximum absolute atomic E-state index is 15.6. The van der Waals surface area contributed by atoms with Crippen molar-refractivity contribution in [2.45, 2.75) is 18.7 Å². The molecule has 8 nitrogen and oxygen atoms in total. The van der Waals surface area contributed by atoms with E-state index in [-0.39, 0.29) is 33.1 Å². The van der Waals surface area contributed by atoms with E-state index >= 15 is 8.78 Å². The predicted octanol–water partition coefficient (Wildman–Crippen LogP) is 7.23. The van der Waals surface area contributed by atoms with Crippen LogP contribution in [0.4, 0.5) is 28.9 Å². The third-order valence-corrected chi connectivity index (χ3v) is 7.42. The number of ketones is 1. The van der Waals surface area contributed by atoms with Crippen molar-refractivity contribution in [3.8, 4) is 11.1 Å². The average molecular weight is 620 g/mol. The Bertz CT molecular complexity index is 2010. The van der Waals surface area contributed by atoms with Gasteiger partial charge in [0.25, 0.3) is 0 Å². The number of pyridine rings is 1. The Morgan fingerprint density at radius 3 is 2.34 bits per heavy atom. The number of rotatable bonds is 8. The fourth-order valence-corrected chi connectivity index (χ4v) is 5.21. The van der Waals surface area contributed by atoms with E-state index in [9.17, 15) is 23.2 Å². The number of nitrogens with one attached hydrogen (secondary N) is 3. The highest BCUT2D eigenvalue weighted by molar-refractivity contribution is 8.00. The summed E-state index contributed by atoms with van der Waals surface area (Å²) in [7, 11) is 0. The summed E-state index contributed by atoms with van der Waals surface area (Å²) in [5.41, 5.74) is 0.345. The molecule has 3 N–H and O–H groups in total. The Morgan fingerprint density at radius 2 is 1.64 bits per heavy atom. The van der Waals surface area contributed by atoms with Gasteiger partial charge in [0.15, 0.2) is 5.82 Å². The zero-order valence-corrected chi connectivity index (χ0v) is 23.8. The van der Waals surface area contributed by atoms with Gasteiger partial charge in [0.2, 0.25) is 17.6 Å². The summed E-state index contributed by atoms with van der Waals surface area (Å²) in [4.78, 5) is 41.8. The van der Waals surface area contributed by atoms with Crippen LogP contribution in [0.3, 0.4) is 0 Å². The first-order chi connectivity index (χ1) is 21.0. The lowest BCUT2D eigenvalue weighted by Crippen LogP contribution is -2.10. The van der Waals surface area contributed by atoms with Gasteiger partial charge in [0, 0.05) is 54.7 Å². The standard InChI is InChI=1S/C31H21F4N5O3S/c1-15(41)38-25-7-3-17(9-18(25)12-36)19-10-21-22(14-40(16(2)42)31(21)37-13-19)30(43)28-24(34)6-8-26(29(28)35)39-44-27-11-20(32)4-5-23(27)33/h3-14,36,39H,1-2H3,(H,38,41). The number of hydrogen-bond acceptors (Lipinski definition) is 7. The zero-order chi connectivity index (χ0) is 31.7. The van der Waals surface area contributed by atoms with Crippen molar-refractivity contribution in [2.24, 2.45) is 0 Å². The summed E-state index contributed by atoms with van der Waals surface area (Å²) < 4.78 is 61.8. The molecule has 44 heavy (non-hydrogen) atoms. The Hall–Kier alpha value is -5.30. The molecule has 5 aromatic rings. The maximum Gasteiger partial charge on any atom is 0.229 e. The van der Waals surface area contributed by atoms with Crippen LogP contribution >= 0.6 is 11.9 Å². The predicted molar refractivity (Wildman–Crippen MR) is 159 cm³/mol. The molecule has 2 heterocycles. The minimum Gasteiger partial charge on any atom is -0.326 e. The van der Waals surface area contributed by atoms with Crippen molar-refractivity contribution in [3.05, 3.63) is 107 Å². The number of aromatic nitrogens is 2. The Balaban J connectivity index is 1.57. The normalized spacial score (nSPS) is 11.0. The Kier molecular flexibility index (Phi) is 8.32. The van der Waals surface area contributed by atoms with Gasteiger partial charge in [-0.15, -0.1) is 0 Å². The number of fused-ring (bicyclic) bond motifs is 1. The van der Waals surface area contributed by atoms with Crippen molar-refractivity contribution in [2.75, 3.05) is 10.0 Å². The molecule has 0 aliphatic rings. The molecule has 0 aliphatic heterocycles. The second-order valence-corrected chi connectivity index (χ2v) is 10.4. The number of carbonyl (C=O) groups excluding carboxylic acids is 3. The largest absolute Gasteiger partial charge is 0.326 e. The molecule has 0 saturated heterocycles. The molecule has 0 spiro atoms. The molecule has 0 unspecified atom stereocenters. The van der Waals surface area contributed by atoms with E-state index < -0.39 is 40.5 Å². The fourth-order valence-electron chi connectivity index (χ4n) is 4.49. The molecular weight excluding hydrogens is 598 g/mol. The summed E-state index contributed by atoms with van der Waals surface area (Å²) in [5, 5.41) is 10.5. The highest BCUT2D eigenvalue weighted by atomic mass is 32.2. The Labute approximate surface area is 251 Å². The van der Waals surface area contributed by atoms with Gasteiger partial charge in [0.05, 0.1) is 21.7 Å². The Morgan fingerprint density at radius 1 is 0.909 bits per heavy atom. The van der Waals surface area contributed by atoms with E-state index in [1.807, 2.05) is 0 Å². The minimum atomic E-state index is -1.28. The molecule has 222 valence electrons. The highest BCUT2D eigenvalue weighted by Gasteiger charge is 2.27. The smallest absolute Gasteiger partial charge is 0.229 e. The average Bonchev–Trinajstić information content (AvgIpc) is 3.37. The molecule has 0 atom stereocenters. The topological polar surface area (TPSA) is 117 Å². The molecule has 0 saturated carbocycles. The lowest BCUT2D eigenvalue weighted by molar-refractivity contribution is -0.114. The number of benzene rings is 3. The number of nitrogens with zero attached hydrogens (tertiary/aromatic N) is 2. The van der Waals surface area contributed by atoms with Crippen LogP contribution in [-0.4, -0.2) is 33.4 Å². The van der Waals surface area contributed by atoms with E-state index in [1.165, 1.54) is 26.1 Å². The molecule has 3 aromatic carbocycles. The van der Waals surface area contributed by atoms with Crippen LogP contribution in [0.1, 0.15) is 40.1 Å². The van der Waals surface area contributed by atoms with Crippen molar-refractivity contribution in [3.63, 3.8) is 0 Å². The van der Waals surface area contributed by atoms with Crippen molar-refractivity contribution < 1.29 is 31.9 Å². The number of hydrogen-bond donors (Lipinski definition) is 3. The monoisotopic (exact) mass is 619 g/mol. The maximum atomic E-state index is 15.6. The van der Waals surface area contributed by atoms with Gasteiger partial charge in [0.1, 0.15) is 23.1 Å². The first-order valence-corrected chi connectivity index (χ1v) is 13.6. The lowest BCUT2D eigenvalue weighted by Gasteiger charge is -2.11. The van der Waals surface area contributed by atoms with Crippen molar-refractivity contribution in [1.82, 2.24) is 9.55 Å². The molecule has 0 fully saturated rings.